The van der Waals surface area contributed by atoms with Gasteiger partial charge in [0.05, 0.1) is 5.70 Å². The number of allylic oxidation sites excluding steroid dienone is 1. The molecule has 5 nitrogen and oxygen atoms in total. The van der Waals surface area contributed by atoms with Crippen molar-refractivity contribution >= 4 is 17.5 Å². The van der Waals surface area contributed by atoms with Crippen LogP contribution in [0.15, 0.2) is 53.0 Å². The fourth-order valence-electron chi connectivity index (χ4n) is 1.29. The fraction of sp³-hybridized carbons (Fsp3) is 0.0833. The predicted octanol–water partition coefficient (Wildman–Crippen LogP) is 0.471. The van der Waals surface area contributed by atoms with Crippen LogP contribution in [0.3, 0.4) is 0 Å². The van der Waals surface area contributed by atoms with Crippen LogP contribution in [0.1, 0.15) is 5.56 Å². The van der Waals surface area contributed by atoms with Crippen molar-refractivity contribution in [2.75, 3.05) is 0 Å². The number of hydrogen-bond acceptors (Lipinski definition) is 4. The first-order chi connectivity index (χ1) is 8.50. The second kappa shape index (κ2) is 6.56. The van der Waals surface area contributed by atoms with Crippen LogP contribution < -0.4 is 22.5 Å². The molecule has 0 aromatic heterocycles. The largest absolute Gasteiger partial charge is 0.393 e. The predicted molar refractivity (Wildman–Crippen MR) is 71.8 cm³/mol. The zero-order chi connectivity index (χ0) is 13.5. The Labute approximate surface area is 110 Å². The maximum absolute atomic E-state index is 11.0. The average molecular weight is 267 g/mol. The zero-order valence-corrected chi connectivity index (χ0v) is 10.4. The number of nitrogens with two attached hydrogens (primary N) is 3. The number of benzene rings is 1. The van der Waals surface area contributed by atoms with Gasteiger partial charge in [-0.3, -0.25) is 4.79 Å². The number of nitrogens with one attached hydrogen (secondary N) is 1. The second-order valence-electron chi connectivity index (χ2n) is 3.56. The van der Waals surface area contributed by atoms with Gasteiger partial charge in [0.25, 0.3) is 5.91 Å². The highest BCUT2D eigenvalue weighted by Gasteiger charge is 2.07. The molecule has 0 aliphatic rings. The number of halogens is 1. The number of amides is 1. The Morgan fingerprint density at radius 2 is 1.83 bits per heavy atom. The molecule has 6 heteroatoms. The Bertz CT molecular complexity index is 478. The van der Waals surface area contributed by atoms with E-state index in [9.17, 15) is 4.79 Å². The van der Waals surface area contributed by atoms with Gasteiger partial charge in [-0.2, -0.15) is 0 Å². The molecule has 1 amide bonds. The standard InChI is InChI=1S/C12H15ClN4O/c13-10(14)6-9(11(15)12(16)18)17-7-8-4-2-1-3-5-8/h1-6,17H,7,14-15H2,(H2,16,18)/b10-6-,11-9+. The van der Waals surface area contributed by atoms with E-state index in [4.69, 9.17) is 28.8 Å². The molecule has 1 aromatic rings. The molecule has 1 aromatic carbocycles. The van der Waals surface area contributed by atoms with E-state index in [1.807, 2.05) is 30.3 Å². The number of hydrogen-bond donors (Lipinski definition) is 4. The fourth-order valence-corrected chi connectivity index (χ4v) is 1.40. The summed E-state index contributed by atoms with van der Waals surface area (Å²) >= 11 is 5.56. The molecule has 0 radical (unpaired) electrons. The van der Waals surface area contributed by atoms with Gasteiger partial charge in [0.2, 0.25) is 0 Å². The quantitative estimate of drug-likeness (QED) is 0.353. The highest BCUT2D eigenvalue weighted by Crippen LogP contribution is 2.05. The minimum atomic E-state index is -0.736. The first-order valence-corrected chi connectivity index (χ1v) is 5.58. The van der Waals surface area contributed by atoms with Crippen molar-refractivity contribution in [3.8, 4) is 0 Å². The molecular weight excluding hydrogens is 252 g/mol. The van der Waals surface area contributed by atoms with Gasteiger partial charge in [0.15, 0.2) is 0 Å². The van der Waals surface area contributed by atoms with Gasteiger partial charge in [-0.15, -0.1) is 0 Å². The number of carbonyl (C=O) groups is 1. The molecule has 1 rings (SSSR count). The van der Waals surface area contributed by atoms with E-state index in [2.05, 4.69) is 5.32 Å². The van der Waals surface area contributed by atoms with Gasteiger partial charge < -0.3 is 22.5 Å². The molecule has 96 valence electrons. The minimum absolute atomic E-state index is 0.00904. The number of primary amides is 1. The van der Waals surface area contributed by atoms with E-state index in [0.717, 1.165) is 5.56 Å². The van der Waals surface area contributed by atoms with E-state index in [0.29, 0.717) is 12.2 Å². The summed E-state index contributed by atoms with van der Waals surface area (Å²) < 4.78 is 0. The molecule has 0 saturated carbocycles. The average Bonchev–Trinajstić information content (AvgIpc) is 2.34. The van der Waals surface area contributed by atoms with Crippen LogP contribution in [-0.4, -0.2) is 5.91 Å². The van der Waals surface area contributed by atoms with E-state index < -0.39 is 5.91 Å². The first kappa shape index (κ1) is 13.9. The summed E-state index contributed by atoms with van der Waals surface area (Å²) in [5.41, 5.74) is 17.2. The summed E-state index contributed by atoms with van der Waals surface area (Å²) in [5, 5.41) is 2.97. The Morgan fingerprint density at radius 1 is 1.22 bits per heavy atom. The van der Waals surface area contributed by atoms with Crippen LogP contribution >= 0.6 is 11.6 Å². The lowest BCUT2D eigenvalue weighted by Gasteiger charge is -2.10. The highest BCUT2D eigenvalue weighted by atomic mass is 35.5. The smallest absolute Gasteiger partial charge is 0.266 e. The Morgan fingerprint density at radius 3 is 2.33 bits per heavy atom. The van der Waals surface area contributed by atoms with Crippen LogP contribution in [-0.2, 0) is 11.3 Å². The van der Waals surface area contributed by atoms with Crippen LogP contribution in [0.2, 0.25) is 0 Å². The molecule has 0 unspecified atom stereocenters. The minimum Gasteiger partial charge on any atom is -0.393 e. The van der Waals surface area contributed by atoms with Crippen LogP contribution in [0.25, 0.3) is 0 Å². The third-order valence-electron chi connectivity index (χ3n) is 2.16. The second-order valence-corrected chi connectivity index (χ2v) is 4.00. The van der Waals surface area contributed by atoms with Crippen molar-refractivity contribution in [1.29, 1.82) is 0 Å². The topological polar surface area (TPSA) is 107 Å². The van der Waals surface area contributed by atoms with Gasteiger partial charge in [0.1, 0.15) is 10.9 Å². The third-order valence-corrected chi connectivity index (χ3v) is 2.27. The molecule has 0 atom stereocenters. The Hall–Kier alpha value is -2.14. The molecule has 0 heterocycles. The van der Waals surface area contributed by atoms with E-state index in [1.54, 1.807) is 0 Å². The summed E-state index contributed by atoms with van der Waals surface area (Å²) in [6.45, 7) is 0.477. The van der Waals surface area contributed by atoms with Gasteiger partial charge in [-0.25, -0.2) is 0 Å². The normalized spacial score (nSPS) is 12.8. The van der Waals surface area contributed by atoms with E-state index in [-0.39, 0.29) is 10.9 Å². The van der Waals surface area contributed by atoms with Crippen molar-refractivity contribution in [3.63, 3.8) is 0 Å². The molecule has 0 fully saturated rings. The van der Waals surface area contributed by atoms with Crippen molar-refractivity contribution in [3.05, 3.63) is 58.5 Å². The highest BCUT2D eigenvalue weighted by molar-refractivity contribution is 6.29. The third kappa shape index (κ3) is 4.39. The van der Waals surface area contributed by atoms with E-state index in [1.165, 1.54) is 6.08 Å². The number of carbonyl (C=O) groups excluding carboxylic acids is 1. The van der Waals surface area contributed by atoms with Gasteiger partial charge in [-0.05, 0) is 11.6 Å². The van der Waals surface area contributed by atoms with Crippen molar-refractivity contribution in [2.45, 2.75) is 6.54 Å². The van der Waals surface area contributed by atoms with Crippen molar-refractivity contribution < 1.29 is 4.79 Å². The summed E-state index contributed by atoms with van der Waals surface area (Å²) in [5.74, 6) is -0.736. The number of rotatable bonds is 5. The van der Waals surface area contributed by atoms with Gasteiger partial charge in [-0.1, -0.05) is 41.9 Å². The van der Waals surface area contributed by atoms with Crippen molar-refractivity contribution in [1.82, 2.24) is 5.32 Å². The molecule has 0 saturated heterocycles. The SMILES string of the molecule is NC(=O)/C(N)=C(/C=C(\N)Cl)NCc1ccccc1. The molecule has 0 spiro atoms. The lowest BCUT2D eigenvalue weighted by molar-refractivity contribution is -0.114. The monoisotopic (exact) mass is 266 g/mol. The van der Waals surface area contributed by atoms with Gasteiger partial charge in [0, 0.05) is 6.54 Å². The molecular formula is C12H15ClN4O. The molecule has 0 aliphatic carbocycles. The summed E-state index contributed by atoms with van der Waals surface area (Å²) in [6, 6.07) is 9.58. The van der Waals surface area contributed by atoms with Gasteiger partial charge >= 0.3 is 0 Å². The molecule has 7 N–H and O–H groups in total. The maximum atomic E-state index is 11.0. The molecule has 0 bridgehead atoms. The summed E-state index contributed by atoms with van der Waals surface area (Å²) in [4.78, 5) is 11.0. The van der Waals surface area contributed by atoms with E-state index >= 15 is 0 Å². The van der Waals surface area contributed by atoms with Crippen LogP contribution in [0.5, 0.6) is 0 Å². The van der Waals surface area contributed by atoms with Crippen molar-refractivity contribution in [2.24, 2.45) is 17.2 Å². The summed E-state index contributed by atoms with van der Waals surface area (Å²) in [6.07, 6.45) is 1.35. The lowest BCUT2D eigenvalue weighted by Crippen LogP contribution is -2.27. The first-order valence-electron chi connectivity index (χ1n) is 5.20. The van der Waals surface area contributed by atoms with Crippen LogP contribution in [0.4, 0.5) is 0 Å². The maximum Gasteiger partial charge on any atom is 0.266 e. The lowest BCUT2D eigenvalue weighted by atomic mass is 10.2. The Kier molecular flexibility index (Phi) is 5.07. The molecule has 18 heavy (non-hydrogen) atoms. The Balaban J connectivity index is 2.85. The van der Waals surface area contributed by atoms with Crippen LogP contribution in [0, 0.1) is 0 Å². The molecule has 0 aliphatic heterocycles. The summed E-state index contributed by atoms with van der Waals surface area (Å²) in [7, 11) is 0. The zero-order valence-electron chi connectivity index (χ0n) is 9.69.